The molecule has 0 saturated heterocycles. The zero-order valence-corrected chi connectivity index (χ0v) is 14.6. The van der Waals surface area contributed by atoms with Gasteiger partial charge in [-0.25, -0.2) is 0 Å². The average molecular weight is 391 g/mol. The van der Waals surface area contributed by atoms with Crippen LogP contribution in [0.3, 0.4) is 0 Å². The van der Waals surface area contributed by atoms with Crippen LogP contribution < -0.4 is 4.74 Å². The fourth-order valence-corrected chi connectivity index (χ4v) is 3.54. The van der Waals surface area contributed by atoms with Gasteiger partial charge >= 0.3 is 0 Å². The van der Waals surface area contributed by atoms with Crippen LogP contribution in [0.25, 0.3) is 10.8 Å². The van der Waals surface area contributed by atoms with Gasteiger partial charge in [-0.2, -0.15) is 0 Å². The van der Waals surface area contributed by atoms with Gasteiger partial charge in [-0.3, -0.25) is 0 Å². The van der Waals surface area contributed by atoms with Gasteiger partial charge in [0.1, 0.15) is 0 Å². The summed E-state index contributed by atoms with van der Waals surface area (Å²) < 4.78 is 9.19. The summed E-state index contributed by atoms with van der Waals surface area (Å²) in [5.74, 6) is 0.920. The normalized spacial score (nSPS) is 11.8. The number of hydrogen-bond acceptors (Lipinski definition) is 1. The smallest absolute Gasteiger partial charge is 0.203 e. The van der Waals surface area contributed by atoms with Crippen LogP contribution in [0.1, 0.15) is 19.4 Å². The van der Waals surface area contributed by atoms with Gasteiger partial charge < -0.3 is 9.30 Å². The first kappa shape index (κ1) is 14.4. The number of benzene rings is 2. The number of ether oxygens (including phenoxy) is 1. The second-order valence-electron chi connectivity index (χ2n) is 5.64. The van der Waals surface area contributed by atoms with Crippen molar-refractivity contribution in [3.05, 3.63) is 63.9 Å². The van der Waals surface area contributed by atoms with Crippen LogP contribution in [-0.4, -0.2) is 11.7 Å². The van der Waals surface area contributed by atoms with Crippen LogP contribution in [0.5, 0.6) is 5.88 Å². The lowest BCUT2D eigenvalue weighted by Gasteiger charge is -2.29. The largest absolute Gasteiger partial charge is 0.482 e. The van der Waals surface area contributed by atoms with Crippen LogP contribution in [0.15, 0.2) is 54.7 Å². The zero-order valence-electron chi connectivity index (χ0n) is 12.4. The maximum atomic E-state index is 5.75. The molecule has 3 rings (SSSR count). The molecule has 0 radical (unpaired) electrons. The molecule has 2 aromatic carbocycles. The van der Waals surface area contributed by atoms with Gasteiger partial charge in [0.15, 0.2) is 0 Å². The molecule has 0 aliphatic heterocycles. The summed E-state index contributed by atoms with van der Waals surface area (Å²) in [6.07, 6.45) is 2.18. The first-order valence-corrected chi connectivity index (χ1v) is 8.03. The molecular weight excluding hydrogens is 373 g/mol. The van der Waals surface area contributed by atoms with Crippen LogP contribution in [0.4, 0.5) is 0 Å². The van der Waals surface area contributed by atoms with E-state index in [0.29, 0.717) is 0 Å². The molecule has 0 atom stereocenters. The molecule has 0 amide bonds. The predicted octanol–water partition coefficient (Wildman–Crippen LogP) is 5.04. The van der Waals surface area contributed by atoms with E-state index in [1.54, 1.807) is 7.11 Å². The highest BCUT2D eigenvalue weighted by atomic mass is 127. The molecule has 2 nitrogen and oxygen atoms in total. The third-order valence-corrected chi connectivity index (χ3v) is 4.92. The van der Waals surface area contributed by atoms with E-state index in [1.807, 2.05) is 6.07 Å². The lowest BCUT2D eigenvalue weighted by molar-refractivity contribution is 0.328. The van der Waals surface area contributed by atoms with E-state index >= 15 is 0 Å². The molecule has 0 unspecified atom stereocenters. The van der Waals surface area contributed by atoms with E-state index in [-0.39, 0.29) is 5.54 Å². The lowest BCUT2D eigenvalue weighted by atomic mass is 9.94. The minimum atomic E-state index is -0.172. The van der Waals surface area contributed by atoms with Crippen molar-refractivity contribution in [1.29, 1.82) is 0 Å². The summed E-state index contributed by atoms with van der Waals surface area (Å²) in [5.41, 5.74) is 1.09. The number of nitrogens with zero attached hydrogens (tertiary/aromatic N) is 1. The van der Waals surface area contributed by atoms with Crippen molar-refractivity contribution >= 4 is 33.4 Å². The first-order chi connectivity index (χ1) is 10.1. The third kappa shape index (κ3) is 2.33. The van der Waals surface area contributed by atoms with Gasteiger partial charge in [-0.05, 0) is 48.1 Å². The molecular formula is C18H18INO. The Morgan fingerprint density at radius 1 is 1.00 bits per heavy atom. The van der Waals surface area contributed by atoms with Crippen molar-refractivity contribution < 1.29 is 4.74 Å². The van der Waals surface area contributed by atoms with E-state index in [2.05, 4.69) is 89.7 Å². The van der Waals surface area contributed by atoms with Crippen LogP contribution in [0, 0.1) is 3.57 Å². The highest BCUT2D eigenvalue weighted by Crippen LogP contribution is 2.38. The quantitative estimate of drug-likeness (QED) is 0.571. The van der Waals surface area contributed by atoms with Gasteiger partial charge in [0.2, 0.25) is 5.88 Å². The molecule has 1 heterocycles. The molecule has 0 aliphatic rings. The van der Waals surface area contributed by atoms with Crippen LogP contribution in [-0.2, 0) is 5.54 Å². The maximum Gasteiger partial charge on any atom is 0.203 e. The zero-order chi connectivity index (χ0) is 15.0. The molecule has 3 heteroatoms. The minimum Gasteiger partial charge on any atom is -0.482 e. The fraction of sp³-hybridized carbons (Fsp3) is 0.222. The number of methoxy groups -OCH3 is 1. The monoisotopic (exact) mass is 391 g/mol. The molecule has 0 bridgehead atoms. The summed E-state index contributed by atoms with van der Waals surface area (Å²) in [5, 5.41) is 2.40. The topological polar surface area (TPSA) is 14.2 Å². The Labute approximate surface area is 138 Å². The summed E-state index contributed by atoms with van der Waals surface area (Å²) in [6.45, 7) is 4.44. The molecule has 0 fully saturated rings. The molecule has 0 N–H and O–H groups in total. The van der Waals surface area contributed by atoms with E-state index in [1.165, 1.54) is 19.9 Å². The standard InChI is InChI=1S/C18H18INO/c1-18(2,14-9-5-4-6-10-14)20-12-13-8-7-11-15(19)16(13)17(20)21-3/h4-12H,1-3H3. The molecule has 21 heavy (non-hydrogen) atoms. The highest BCUT2D eigenvalue weighted by molar-refractivity contribution is 14.1. The van der Waals surface area contributed by atoms with E-state index in [4.69, 9.17) is 4.74 Å². The second kappa shape index (κ2) is 5.37. The number of hydrogen-bond donors (Lipinski definition) is 0. The Kier molecular flexibility index (Phi) is 3.69. The van der Waals surface area contributed by atoms with Crippen molar-refractivity contribution in [2.45, 2.75) is 19.4 Å². The number of fused-ring (bicyclic) bond motifs is 1. The average Bonchev–Trinajstić information content (AvgIpc) is 2.89. The number of aromatic nitrogens is 1. The highest BCUT2D eigenvalue weighted by Gasteiger charge is 2.27. The molecule has 0 spiro atoms. The summed E-state index contributed by atoms with van der Waals surface area (Å²) >= 11 is 2.37. The van der Waals surface area contributed by atoms with Gasteiger partial charge in [0.05, 0.1) is 18.0 Å². The Hall–Kier alpha value is -1.49. The molecule has 0 saturated carbocycles. The van der Waals surface area contributed by atoms with E-state index in [0.717, 1.165) is 5.88 Å². The number of halogens is 1. The first-order valence-electron chi connectivity index (χ1n) is 6.95. The van der Waals surface area contributed by atoms with Crippen molar-refractivity contribution in [3.63, 3.8) is 0 Å². The summed E-state index contributed by atoms with van der Waals surface area (Å²) in [4.78, 5) is 0. The van der Waals surface area contributed by atoms with Gasteiger partial charge in [0.25, 0.3) is 0 Å². The van der Waals surface area contributed by atoms with Crippen LogP contribution in [0.2, 0.25) is 0 Å². The molecule has 1 aromatic heterocycles. The SMILES string of the molecule is COc1c2c(I)cccc2cn1C(C)(C)c1ccccc1. The minimum absolute atomic E-state index is 0.172. The van der Waals surface area contributed by atoms with E-state index in [9.17, 15) is 0 Å². The second-order valence-corrected chi connectivity index (χ2v) is 6.80. The fourth-order valence-electron chi connectivity index (χ4n) is 2.79. The van der Waals surface area contributed by atoms with Gasteiger partial charge in [0, 0.05) is 15.2 Å². The van der Waals surface area contributed by atoms with Crippen molar-refractivity contribution in [1.82, 2.24) is 4.57 Å². The van der Waals surface area contributed by atoms with Gasteiger partial charge in [-0.15, -0.1) is 0 Å². The Morgan fingerprint density at radius 3 is 2.38 bits per heavy atom. The Morgan fingerprint density at radius 2 is 1.71 bits per heavy atom. The predicted molar refractivity (Wildman–Crippen MR) is 96.1 cm³/mol. The van der Waals surface area contributed by atoms with Crippen molar-refractivity contribution in [3.8, 4) is 5.88 Å². The molecule has 3 aromatic rings. The Bertz CT molecular complexity index is 775. The lowest BCUT2D eigenvalue weighted by Crippen LogP contribution is -2.27. The summed E-state index contributed by atoms with van der Waals surface area (Å²) in [7, 11) is 1.75. The van der Waals surface area contributed by atoms with Crippen molar-refractivity contribution in [2.75, 3.05) is 7.11 Å². The maximum absolute atomic E-state index is 5.75. The molecule has 0 aliphatic carbocycles. The van der Waals surface area contributed by atoms with E-state index < -0.39 is 0 Å². The number of rotatable bonds is 3. The third-order valence-electron chi connectivity index (χ3n) is 4.02. The Balaban J connectivity index is 2.27. The van der Waals surface area contributed by atoms with Crippen molar-refractivity contribution in [2.24, 2.45) is 0 Å². The summed E-state index contributed by atoms with van der Waals surface area (Å²) in [6, 6.07) is 16.9. The van der Waals surface area contributed by atoms with Crippen LogP contribution >= 0.6 is 22.6 Å². The molecule has 108 valence electrons. The van der Waals surface area contributed by atoms with Gasteiger partial charge in [-0.1, -0.05) is 42.5 Å².